The molecule has 0 aliphatic carbocycles. The van der Waals surface area contributed by atoms with Crippen molar-refractivity contribution in [3.05, 3.63) is 90.0 Å². The summed E-state index contributed by atoms with van der Waals surface area (Å²) < 4.78 is 32.1. The van der Waals surface area contributed by atoms with Crippen LogP contribution in [-0.4, -0.2) is 39.2 Å². The van der Waals surface area contributed by atoms with Gasteiger partial charge in [-0.2, -0.15) is 5.26 Å². The molecule has 0 fully saturated rings. The number of hydrogen-bond donors (Lipinski definition) is 1. The quantitative estimate of drug-likeness (QED) is 0.353. The van der Waals surface area contributed by atoms with Crippen molar-refractivity contribution in [3.8, 4) is 6.07 Å². The molecule has 1 amide bonds. The molecule has 1 unspecified atom stereocenters. The number of ether oxygens (including phenoxy) is 1. The molecule has 0 bridgehead atoms. The van der Waals surface area contributed by atoms with E-state index in [0.29, 0.717) is 5.75 Å². The molecule has 0 radical (unpaired) electrons. The molecular formula is C26H23N3O5S2. The van der Waals surface area contributed by atoms with E-state index in [9.17, 15) is 18.0 Å². The van der Waals surface area contributed by atoms with Gasteiger partial charge in [-0.3, -0.25) is 9.69 Å². The van der Waals surface area contributed by atoms with Crippen LogP contribution in [0.25, 0.3) is 0 Å². The van der Waals surface area contributed by atoms with Gasteiger partial charge in [0, 0.05) is 23.6 Å². The number of rotatable bonds is 8. The summed E-state index contributed by atoms with van der Waals surface area (Å²) >= 11 is 1.67. The molecule has 8 nitrogen and oxygen atoms in total. The van der Waals surface area contributed by atoms with E-state index in [2.05, 4.69) is 4.72 Å². The number of esters is 1. The van der Waals surface area contributed by atoms with Gasteiger partial charge in [0.1, 0.15) is 0 Å². The fourth-order valence-electron chi connectivity index (χ4n) is 3.79. The van der Waals surface area contributed by atoms with Gasteiger partial charge in [0.15, 0.2) is 6.61 Å². The predicted octanol–water partition coefficient (Wildman–Crippen LogP) is 3.92. The fraction of sp³-hybridized carbons (Fsp3) is 0.192. The van der Waals surface area contributed by atoms with Crippen LogP contribution in [0.2, 0.25) is 0 Å². The first-order valence-corrected chi connectivity index (χ1v) is 13.6. The lowest BCUT2D eigenvalue weighted by Crippen LogP contribution is -2.41. The number of hydrogen-bond acceptors (Lipinski definition) is 7. The van der Waals surface area contributed by atoms with E-state index >= 15 is 0 Å². The van der Waals surface area contributed by atoms with Crippen LogP contribution in [-0.2, 0) is 19.6 Å². The second-order valence-electron chi connectivity index (χ2n) is 7.88. The molecule has 184 valence electrons. The van der Waals surface area contributed by atoms with Crippen molar-refractivity contribution in [2.45, 2.75) is 22.3 Å². The minimum atomic E-state index is -3.79. The third-order valence-corrected chi connectivity index (χ3v) is 8.16. The van der Waals surface area contributed by atoms with Crippen molar-refractivity contribution in [1.29, 1.82) is 5.26 Å². The summed E-state index contributed by atoms with van der Waals surface area (Å²) in [5.41, 5.74) is 1.87. The third-order valence-electron chi connectivity index (χ3n) is 5.54. The number of para-hydroxylation sites is 1. The van der Waals surface area contributed by atoms with Crippen molar-refractivity contribution in [2.75, 3.05) is 23.8 Å². The number of carbonyl (C=O) groups excluding carboxylic acids is 2. The number of fused-ring (bicyclic) bond motifs is 1. The number of nitrogens with one attached hydrogen (secondary N) is 1. The second kappa shape index (κ2) is 11.4. The maximum Gasteiger partial charge on any atom is 0.338 e. The number of amides is 1. The Kier molecular flexibility index (Phi) is 8.05. The first kappa shape index (κ1) is 25.4. The smallest absolute Gasteiger partial charge is 0.338 e. The van der Waals surface area contributed by atoms with Gasteiger partial charge in [-0.25, -0.2) is 17.9 Å². The number of sulfonamides is 1. The highest BCUT2D eigenvalue weighted by molar-refractivity contribution is 7.99. The number of carbonyl (C=O) groups is 2. The molecule has 0 saturated carbocycles. The van der Waals surface area contributed by atoms with Gasteiger partial charge < -0.3 is 4.74 Å². The summed E-state index contributed by atoms with van der Waals surface area (Å²) in [6, 6.07) is 24.2. The van der Waals surface area contributed by atoms with Crippen LogP contribution in [0.5, 0.6) is 0 Å². The van der Waals surface area contributed by atoms with Gasteiger partial charge in [-0.15, -0.1) is 11.8 Å². The zero-order valence-corrected chi connectivity index (χ0v) is 20.8. The van der Waals surface area contributed by atoms with E-state index in [4.69, 9.17) is 10.00 Å². The van der Waals surface area contributed by atoms with Gasteiger partial charge in [-0.1, -0.05) is 42.5 Å². The second-order valence-corrected chi connectivity index (χ2v) is 10.7. The molecule has 3 aromatic carbocycles. The van der Waals surface area contributed by atoms with Crippen LogP contribution in [0.4, 0.5) is 5.69 Å². The highest BCUT2D eigenvalue weighted by Gasteiger charge is 2.33. The number of benzene rings is 3. The van der Waals surface area contributed by atoms with Gasteiger partial charge >= 0.3 is 5.97 Å². The molecule has 0 spiro atoms. The highest BCUT2D eigenvalue weighted by atomic mass is 32.2. The van der Waals surface area contributed by atoms with Crippen LogP contribution in [0, 0.1) is 11.3 Å². The molecule has 0 saturated heterocycles. The van der Waals surface area contributed by atoms with Gasteiger partial charge in [0.25, 0.3) is 5.91 Å². The number of nitriles is 1. The van der Waals surface area contributed by atoms with Crippen LogP contribution in [0.1, 0.15) is 28.4 Å². The fourth-order valence-corrected chi connectivity index (χ4v) is 5.99. The molecule has 36 heavy (non-hydrogen) atoms. The molecule has 1 atom stereocenters. The normalized spacial score (nSPS) is 15.0. The molecule has 10 heteroatoms. The van der Waals surface area contributed by atoms with Gasteiger partial charge in [0.2, 0.25) is 10.0 Å². The summed E-state index contributed by atoms with van der Waals surface area (Å²) in [6.45, 7) is -0.468. The standard InChI is InChI=1S/C26H23N3O5S2/c27-15-6-16-28-36(32,33)21-13-11-20(12-14-21)26(31)34-17-25(30)29-22-9-4-5-10-24(22)35-18-23(29)19-7-2-1-3-8-19/h1-5,7-14,23,28H,6,16-18H2. The third kappa shape index (κ3) is 5.76. The lowest BCUT2D eigenvalue weighted by atomic mass is 10.1. The van der Waals surface area contributed by atoms with E-state index in [1.54, 1.807) is 16.7 Å². The first-order valence-electron chi connectivity index (χ1n) is 11.1. The Balaban J connectivity index is 1.46. The summed E-state index contributed by atoms with van der Waals surface area (Å²) in [7, 11) is -3.79. The lowest BCUT2D eigenvalue weighted by Gasteiger charge is -2.37. The Morgan fingerprint density at radius 1 is 1.03 bits per heavy atom. The molecular weight excluding hydrogens is 498 g/mol. The molecule has 1 aliphatic heterocycles. The average Bonchev–Trinajstić information content (AvgIpc) is 2.91. The van der Waals surface area contributed by atoms with E-state index in [1.807, 2.05) is 60.7 Å². The minimum Gasteiger partial charge on any atom is -0.452 e. The van der Waals surface area contributed by atoms with E-state index in [1.165, 1.54) is 24.3 Å². The number of anilines is 1. The largest absolute Gasteiger partial charge is 0.452 e. The maximum absolute atomic E-state index is 13.3. The molecule has 1 heterocycles. The van der Waals surface area contributed by atoms with Crippen LogP contribution < -0.4 is 9.62 Å². The molecule has 4 rings (SSSR count). The molecule has 1 N–H and O–H groups in total. The zero-order valence-electron chi connectivity index (χ0n) is 19.2. The Bertz CT molecular complexity index is 1390. The van der Waals surface area contributed by atoms with Crippen molar-refractivity contribution < 1.29 is 22.7 Å². The maximum atomic E-state index is 13.3. The molecule has 3 aromatic rings. The summed E-state index contributed by atoms with van der Waals surface area (Å²) in [5.74, 6) is -0.425. The first-order chi connectivity index (χ1) is 17.4. The van der Waals surface area contributed by atoms with Crippen molar-refractivity contribution in [2.24, 2.45) is 0 Å². The van der Waals surface area contributed by atoms with Crippen LogP contribution in [0.15, 0.2) is 88.7 Å². The van der Waals surface area contributed by atoms with Crippen molar-refractivity contribution in [3.63, 3.8) is 0 Å². The summed E-state index contributed by atoms with van der Waals surface area (Å²) in [4.78, 5) is 28.5. The van der Waals surface area contributed by atoms with E-state index in [0.717, 1.165) is 16.1 Å². The van der Waals surface area contributed by atoms with E-state index < -0.39 is 22.6 Å². The predicted molar refractivity (Wildman–Crippen MR) is 136 cm³/mol. The Labute approximate surface area is 213 Å². The Morgan fingerprint density at radius 2 is 1.72 bits per heavy atom. The van der Waals surface area contributed by atoms with Crippen LogP contribution in [0.3, 0.4) is 0 Å². The average molecular weight is 522 g/mol. The minimum absolute atomic E-state index is 0.00709. The zero-order chi connectivity index (χ0) is 25.5. The Morgan fingerprint density at radius 3 is 2.44 bits per heavy atom. The Hall–Kier alpha value is -3.65. The van der Waals surface area contributed by atoms with Gasteiger partial charge in [-0.05, 0) is 42.0 Å². The summed E-state index contributed by atoms with van der Waals surface area (Å²) in [5, 5.41) is 8.56. The summed E-state index contributed by atoms with van der Waals surface area (Å²) in [6.07, 6.45) is 0.0446. The SMILES string of the molecule is N#CCCNS(=O)(=O)c1ccc(C(=O)OCC(=O)N2c3ccccc3SCC2c2ccccc2)cc1. The van der Waals surface area contributed by atoms with Crippen molar-refractivity contribution in [1.82, 2.24) is 4.72 Å². The lowest BCUT2D eigenvalue weighted by molar-refractivity contribution is -0.122. The van der Waals surface area contributed by atoms with Gasteiger partial charge in [0.05, 0.1) is 28.3 Å². The van der Waals surface area contributed by atoms with E-state index in [-0.39, 0.29) is 35.4 Å². The number of nitrogens with zero attached hydrogens (tertiary/aromatic N) is 2. The monoisotopic (exact) mass is 521 g/mol. The number of thioether (sulfide) groups is 1. The highest BCUT2D eigenvalue weighted by Crippen LogP contribution is 2.43. The topological polar surface area (TPSA) is 117 Å². The molecule has 1 aliphatic rings. The molecule has 0 aromatic heterocycles. The van der Waals surface area contributed by atoms with Crippen molar-refractivity contribution >= 4 is 39.3 Å². The van der Waals surface area contributed by atoms with Crippen LogP contribution >= 0.6 is 11.8 Å².